The Kier molecular flexibility index (Phi) is 5.32. The summed E-state index contributed by atoms with van der Waals surface area (Å²) < 4.78 is 0. The van der Waals surface area contributed by atoms with Gasteiger partial charge < -0.3 is 0 Å². The number of nitrogens with zero attached hydrogens (tertiary/aromatic N) is 4. The molecule has 0 aliphatic carbocycles. The fourth-order valence-corrected chi connectivity index (χ4v) is 3.05. The van der Waals surface area contributed by atoms with E-state index in [1.54, 1.807) is 29.9 Å². The first kappa shape index (κ1) is 17.0. The number of hydrogen-bond donors (Lipinski definition) is 2. The lowest BCUT2D eigenvalue weighted by Gasteiger charge is -2.08. The molecule has 7 nitrogen and oxygen atoms in total. The predicted octanol–water partition coefficient (Wildman–Crippen LogP) is 3.64. The van der Waals surface area contributed by atoms with E-state index >= 15 is 0 Å². The van der Waals surface area contributed by atoms with E-state index < -0.39 is 0 Å². The monoisotopic (exact) mass is 354 g/mol. The molecule has 0 aliphatic rings. The van der Waals surface area contributed by atoms with Crippen molar-refractivity contribution in [3.8, 4) is 11.3 Å². The average molecular weight is 354 g/mol. The first-order chi connectivity index (χ1) is 12.2. The van der Waals surface area contributed by atoms with Crippen LogP contribution >= 0.6 is 11.3 Å². The van der Waals surface area contributed by atoms with Crippen LogP contribution in [0.25, 0.3) is 11.3 Å². The van der Waals surface area contributed by atoms with Crippen molar-refractivity contribution in [3.05, 3.63) is 52.0 Å². The Hall–Kier alpha value is -2.84. The molecule has 0 radical (unpaired) electrons. The highest BCUT2D eigenvalue weighted by Crippen LogP contribution is 2.21. The third-order valence-corrected chi connectivity index (χ3v) is 4.54. The third kappa shape index (κ3) is 4.37. The molecular formula is C17H18N6OS. The largest absolute Gasteiger partial charge is 0.277 e. The average Bonchev–Trinajstić information content (AvgIpc) is 2.94. The molecule has 0 amide bonds. The molecule has 0 bridgehead atoms. The number of hydrogen-bond acceptors (Lipinski definition) is 8. The van der Waals surface area contributed by atoms with Gasteiger partial charge in [-0.15, -0.1) is 11.3 Å². The van der Waals surface area contributed by atoms with Crippen LogP contribution in [0, 0.1) is 13.8 Å². The molecule has 3 aromatic heterocycles. The Morgan fingerprint density at radius 3 is 2.64 bits per heavy atom. The van der Waals surface area contributed by atoms with Gasteiger partial charge in [0.1, 0.15) is 0 Å². The summed E-state index contributed by atoms with van der Waals surface area (Å²) in [7, 11) is 1.51. The van der Waals surface area contributed by atoms with E-state index in [-0.39, 0.29) is 0 Å². The second-order valence-corrected chi connectivity index (χ2v) is 6.55. The summed E-state index contributed by atoms with van der Waals surface area (Å²) in [4.78, 5) is 20.0. The molecule has 0 unspecified atom stereocenters. The fraction of sp³-hybridized carbons (Fsp3) is 0.176. The van der Waals surface area contributed by atoms with E-state index in [4.69, 9.17) is 4.84 Å². The van der Waals surface area contributed by atoms with Crippen LogP contribution < -0.4 is 10.9 Å². The van der Waals surface area contributed by atoms with Crippen LogP contribution in [0.4, 0.5) is 11.8 Å². The van der Waals surface area contributed by atoms with Crippen LogP contribution in [0.2, 0.25) is 0 Å². The van der Waals surface area contributed by atoms with Gasteiger partial charge in [0, 0.05) is 33.8 Å². The number of aryl methyl sites for hydroxylation is 2. The highest BCUT2D eigenvalue weighted by atomic mass is 32.1. The van der Waals surface area contributed by atoms with Gasteiger partial charge in [-0.2, -0.15) is 10.1 Å². The Balaban J connectivity index is 1.83. The minimum absolute atomic E-state index is 0.345. The third-order valence-electron chi connectivity index (χ3n) is 3.45. The molecule has 8 heteroatoms. The Morgan fingerprint density at radius 2 is 1.96 bits per heavy atom. The van der Waals surface area contributed by atoms with E-state index in [9.17, 15) is 0 Å². The molecule has 25 heavy (non-hydrogen) atoms. The molecule has 0 aliphatic heterocycles. The maximum absolute atomic E-state index is 4.91. The Bertz CT molecular complexity index is 859. The van der Waals surface area contributed by atoms with Gasteiger partial charge in [-0.1, -0.05) is 0 Å². The number of rotatable bonds is 6. The topological polar surface area (TPSA) is 84.3 Å². The number of hydrazone groups is 1. The molecule has 3 rings (SSSR count). The first-order valence-corrected chi connectivity index (χ1v) is 8.42. The van der Waals surface area contributed by atoms with E-state index in [2.05, 4.69) is 50.9 Å². The summed E-state index contributed by atoms with van der Waals surface area (Å²) in [5.74, 6) is 0.903. The van der Waals surface area contributed by atoms with Gasteiger partial charge in [0.25, 0.3) is 0 Å². The van der Waals surface area contributed by atoms with Crippen LogP contribution in [-0.4, -0.2) is 28.3 Å². The summed E-state index contributed by atoms with van der Waals surface area (Å²) in [6.45, 7) is 4.18. The lowest BCUT2D eigenvalue weighted by Crippen LogP contribution is -2.04. The van der Waals surface area contributed by atoms with Crippen LogP contribution in [0.5, 0.6) is 0 Å². The van der Waals surface area contributed by atoms with Crippen molar-refractivity contribution in [3.63, 3.8) is 0 Å². The van der Waals surface area contributed by atoms with E-state index in [0.717, 1.165) is 16.1 Å². The van der Waals surface area contributed by atoms with Gasteiger partial charge >= 0.3 is 0 Å². The summed E-state index contributed by atoms with van der Waals surface area (Å²) in [5.41, 5.74) is 8.52. The maximum atomic E-state index is 4.91. The quantitative estimate of drug-likeness (QED) is 0.519. The molecule has 2 N–H and O–H groups in total. The number of aromatic nitrogens is 3. The molecule has 3 aromatic rings. The summed E-state index contributed by atoms with van der Waals surface area (Å²) in [6, 6.07) is 7.68. The zero-order valence-corrected chi connectivity index (χ0v) is 15.0. The molecule has 128 valence electrons. The van der Waals surface area contributed by atoms with Gasteiger partial charge in [-0.3, -0.25) is 15.2 Å². The molecule has 0 atom stereocenters. The molecule has 0 fully saturated rings. The second-order valence-electron chi connectivity index (χ2n) is 5.26. The predicted molar refractivity (Wildman–Crippen MR) is 101 cm³/mol. The molecule has 0 saturated heterocycles. The van der Waals surface area contributed by atoms with Crippen LogP contribution in [0.15, 0.2) is 41.8 Å². The van der Waals surface area contributed by atoms with Crippen molar-refractivity contribution < 1.29 is 4.84 Å². The minimum atomic E-state index is 0.345. The first-order valence-electron chi connectivity index (χ1n) is 7.60. The van der Waals surface area contributed by atoms with E-state index in [1.807, 2.05) is 18.2 Å². The van der Waals surface area contributed by atoms with Crippen molar-refractivity contribution in [1.29, 1.82) is 0 Å². The van der Waals surface area contributed by atoms with Crippen molar-refractivity contribution in [2.75, 3.05) is 18.0 Å². The van der Waals surface area contributed by atoms with Gasteiger partial charge in [0.05, 0.1) is 19.0 Å². The van der Waals surface area contributed by atoms with E-state index in [1.165, 1.54) is 17.6 Å². The number of pyridine rings is 1. The van der Waals surface area contributed by atoms with Gasteiger partial charge in [0.15, 0.2) is 5.82 Å². The zero-order valence-electron chi connectivity index (χ0n) is 14.1. The lowest BCUT2D eigenvalue weighted by atomic mass is 10.2. The van der Waals surface area contributed by atoms with Crippen LogP contribution in [0.1, 0.15) is 15.3 Å². The van der Waals surface area contributed by atoms with Crippen molar-refractivity contribution in [2.45, 2.75) is 13.8 Å². The van der Waals surface area contributed by atoms with Crippen LogP contribution in [0.3, 0.4) is 0 Å². The Morgan fingerprint density at radius 1 is 1.16 bits per heavy atom. The second kappa shape index (κ2) is 7.82. The molecule has 3 heterocycles. The van der Waals surface area contributed by atoms with Crippen LogP contribution in [-0.2, 0) is 4.84 Å². The van der Waals surface area contributed by atoms with Gasteiger partial charge in [-0.25, -0.2) is 10.5 Å². The Labute approximate surface area is 149 Å². The normalized spacial score (nSPS) is 11.0. The highest BCUT2D eigenvalue weighted by Gasteiger charge is 2.06. The smallest absolute Gasteiger partial charge is 0.249 e. The lowest BCUT2D eigenvalue weighted by molar-refractivity contribution is 0.267. The molecule has 0 saturated carbocycles. The molecular weight excluding hydrogens is 336 g/mol. The summed E-state index contributed by atoms with van der Waals surface area (Å²) in [6.07, 6.45) is 5.21. The van der Waals surface area contributed by atoms with Crippen molar-refractivity contribution in [2.24, 2.45) is 5.10 Å². The van der Waals surface area contributed by atoms with Gasteiger partial charge in [0.2, 0.25) is 5.95 Å². The van der Waals surface area contributed by atoms with Gasteiger partial charge in [-0.05, 0) is 37.6 Å². The number of anilines is 2. The number of thiophene rings is 1. The van der Waals surface area contributed by atoms with Crippen molar-refractivity contribution in [1.82, 2.24) is 15.0 Å². The fourth-order valence-electron chi connectivity index (χ4n) is 2.14. The SMILES string of the molecule is CONc1nc(N/N=C/c2cc(C)c(C)s2)cc(-c2ccncc2)n1. The van der Waals surface area contributed by atoms with Crippen molar-refractivity contribution >= 4 is 29.3 Å². The molecule has 0 aromatic carbocycles. The molecule has 0 spiro atoms. The minimum Gasteiger partial charge on any atom is -0.277 e. The van der Waals surface area contributed by atoms with E-state index in [0.29, 0.717) is 11.8 Å². The number of nitrogens with one attached hydrogen (secondary N) is 2. The maximum Gasteiger partial charge on any atom is 0.249 e. The highest BCUT2D eigenvalue weighted by molar-refractivity contribution is 7.13. The summed E-state index contributed by atoms with van der Waals surface area (Å²) >= 11 is 1.70. The standard InChI is InChI=1S/C17H18N6OS/c1-11-8-14(25-12(11)2)10-19-22-16-9-15(13-4-6-18-7-5-13)20-17(21-16)23-24-3/h4-10H,1-3H3,(H2,20,21,22,23)/b19-10+. The zero-order chi connectivity index (χ0) is 17.6. The summed E-state index contributed by atoms with van der Waals surface area (Å²) in [5, 5.41) is 4.27.